The Kier molecular flexibility index (Phi) is 1.46. The second-order valence-corrected chi connectivity index (χ2v) is 3.27. The van der Waals surface area contributed by atoms with Crippen LogP contribution in [0.2, 0.25) is 0 Å². The minimum Gasteiger partial charge on any atom is -0.149 e. The van der Waals surface area contributed by atoms with E-state index in [0.717, 1.165) is 0 Å². The molecule has 0 fully saturated rings. The number of hydrogen-bond donors (Lipinski definition) is 0. The van der Waals surface area contributed by atoms with E-state index in [0.29, 0.717) is 0 Å². The number of thiophene rings is 1. The highest BCUT2D eigenvalue weighted by Gasteiger charge is 1.84. The smallest absolute Gasteiger partial charge is 0.00205 e. The quantitative estimate of drug-likeness (QED) is 0.467. The lowest BCUT2D eigenvalue weighted by molar-refractivity contribution is 1.66. The Hall–Kier alpha value is 0.130. The van der Waals surface area contributed by atoms with E-state index in [2.05, 4.69) is 27.6 Å². The zero-order chi connectivity index (χ0) is 5.28. The SMILES string of the molecule is Cc1cc(P)cs1. The van der Waals surface area contributed by atoms with Crippen molar-refractivity contribution in [3.8, 4) is 0 Å². The second-order valence-electron chi connectivity index (χ2n) is 1.49. The Morgan fingerprint density at radius 3 is 2.57 bits per heavy atom. The van der Waals surface area contributed by atoms with E-state index >= 15 is 0 Å². The van der Waals surface area contributed by atoms with Crippen molar-refractivity contribution in [2.24, 2.45) is 0 Å². The van der Waals surface area contributed by atoms with Gasteiger partial charge in [0, 0.05) is 4.88 Å². The first-order chi connectivity index (χ1) is 3.29. The van der Waals surface area contributed by atoms with E-state index in [1.54, 1.807) is 11.3 Å². The average Bonchev–Trinajstić information content (AvgIpc) is 1.87. The molecule has 0 saturated heterocycles. The van der Waals surface area contributed by atoms with Crippen LogP contribution in [0.3, 0.4) is 0 Å². The van der Waals surface area contributed by atoms with Crippen molar-refractivity contribution in [1.82, 2.24) is 0 Å². The number of rotatable bonds is 0. The van der Waals surface area contributed by atoms with Crippen LogP contribution in [0.4, 0.5) is 0 Å². The highest BCUT2D eigenvalue weighted by Crippen LogP contribution is 2.05. The molecule has 1 aromatic heterocycles. The van der Waals surface area contributed by atoms with Crippen LogP contribution in [-0.2, 0) is 0 Å². The van der Waals surface area contributed by atoms with E-state index in [1.165, 1.54) is 10.2 Å². The van der Waals surface area contributed by atoms with Crippen LogP contribution in [0.5, 0.6) is 0 Å². The Morgan fingerprint density at radius 1 is 1.71 bits per heavy atom. The van der Waals surface area contributed by atoms with Gasteiger partial charge in [0.15, 0.2) is 0 Å². The fourth-order valence-electron chi connectivity index (χ4n) is 0.464. The van der Waals surface area contributed by atoms with Crippen molar-refractivity contribution in [3.63, 3.8) is 0 Å². The lowest BCUT2D eigenvalue weighted by Crippen LogP contribution is -1.75. The van der Waals surface area contributed by atoms with Gasteiger partial charge in [0.2, 0.25) is 0 Å². The molecule has 0 spiro atoms. The Balaban J connectivity index is 3.04. The summed E-state index contributed by atoms with van der Waals surface area (Å²) >= 11 is 1.78. The molecule has 1 aromatic rings. The standard InChI is InChI=1S/C5H7PS/c1-4-2-5(6)3-7-4/h2-3H,6H2,1H3. The van der Waals surface area contributed by atoms with Crippen molar-refractivity contribution < 1.29 is 0 Å². The van der Waals surface area contributed by atoms with Gasteiger partial charge in [-0.05, 0) is 23.7 Å². The van der Waals surface area contributed by atoms with Crippen LogP contribution >= 0.6 is 20.6 Å². The molecule has 0 aliphatic rings. The fraction of sp³-hybridized carbons (Fsp3) is 0.200. The molecule has 1 unspecified atom stereocenters. The monoisotopic (exact) mass is 130 g/mol. The summed E-state index contributed by atoms with van der Waals surface area (Å²) in [4.78, 5) is 1.38. The van der Waals surface area contributed by atoms with Gasteiger partial charge in [0.25, 0.3) is 0 Å². The Bertz CT molecular complexity index is 140. The summed E-state index contributed by atoms with van der Waals surface area (Å²) in [5.74, 6) is 0. The lowest BCUT2D eigenvalue weighted by atomic mass is 10.5. The fourth-order valence-corrected chi connectivity index (χ4v) is 1.63. The van der Waals surface area contributed by atoms with E-state index in [4.69, 9.17) is 0 Å². The molecule has 1 heterocycles. The topological polar surface area (TPSA) is 0 Å². The summed E-state index contributed by atoms with van der Waals surface area (Å²) in [6.45, 7) is 2.11. The number of hydrogen-bond acceptors (Lipinski definition) is 1. The van der Waals surface area contributed by atoms with Gasteiger partial charge in [0.05, 0.1) is 0 Å². The maximum Gasteiger partial charge on any atom is 0.00205 e. The van der Waals surface area contributed by atoms with Gasteiger partial charge in [-0.2, -0.15) is 0 Å². The van der Waals surface area contributed by atoms with Gasteiger partial charge in [-0.3, -0.25) is 0 Å². The van der Waals surface area contributed by atoms with E-state index in [-0.39, 0.29) is 0 Å². The summed E-state index contributed by atoms with van der Waals surface area (Å²) in [5, 5.41) is 3.42. The molecular weight excluding hydrogens is 123 g/mol. The lowest BCUT2D eigenvalue weighted by Gasteiger charge is -1.70. The molecule has 38 valence electrons. The van der Waals surface area contributed by atoms with Crippen molar-refractivity contribution in [1.29, 1.82) is 0 Å². The molecule has 0 aliphatic heterocycles. The van der Waals surface area contributed by atoms with Crippen molar-refractivity contribution in [2.45, 2.75) is 6.92 Å². The van der Waals surface area contributed by atoms with E-state index < -0.39 is 0 Å². The third-order valence-electron chi connectivity index (χ3n) is 0.751. The number of aryl methyl sites for hydroxylation is 1. The average molecular weight is 130 g/mol. The van der Waals surface area contributed by atoms with Gasteiger partial charge < -0.3 is 0 Å². The van der Waals surface area contributed by atoms with Crippen molar-refractivity contribution >= 4 is 25.9 Å². The van der Waals surface area contributed by atoms with Gasteiger partial charge >= 0.3 is 0 Å². The highest BCUT2D eigenvalue weighted by atomic mass is 32.1. The molecule has 0 aromatic carbocycles. The molecule has 7 heavy (non-hydrogen) atoms. The van der Waals surface area contributed by atoms with E-state index in [9.17, 15) is 0 Å². The van der Waals surface area contributed by atoms with Gasteiger partial charge in [0.1, 0.15) is 0 Å². The molecular formula is C5H7PS. The zero-order valence-electron chi connectivity index (χ0n) is 4.14. The molecule has 0 saturated carbocycles. The van der Waals surface area contributed by atoms with Crippen LogP contribution in [0.25, 0.3) is 0 Å². The summed E-state index contributed by atoms with van der Waals surface area (Å²) in [6.07, 6.45) is 0. The summed E-state index contributed by atoms with van der Waals surface area (Å²) < 4.78 is 0. The molecule has 0 amide bonds. The first-order valence-corrected chi connectivity index (χ1v) is 3.55. The molecule has 2 heteroatoms. The maximum absolute atomic E-state index is 2.66. The second kappa shape index (κ2) is 1.94. The van der Waals surface area contributed by atoms with Crippen molar-refractivity contribution in [3.05, 3.63) is 16.3 Å². The van der Waals surface area contributed by atoms with E-state index in [1.807, 2.05) is 0 Å². The minimum absolute atomic E-state index is 1.29. The van der Waals surface area contributed by atoms with Crippen LogP contribution < -0.4 is 5.30 Å². The molecule has 1 atom stereocenters. The van der Waals surface area contributed by atoms with Crippen LogP contribution in [0.1, 0.15) is 4.88 Å². The summed E-state index contributed by atoms with van der Waals surface area (Å²) in [6, 6.07) is 2.15. The van der Waals surface area contributed by atoms with Crippen LogP contribution in [0, 0.1) is 6.92 Å². The Labute approximate surface area is 49.8 Å². The first kappa shape index (κ1) is 5.27. The van der Waals surface area contributed by atoms with Gasteiger partial charge in [-0.25, -0.2) is 0 Å². The van der Waals surface area contributed by atoms with Gasteiger partial charge in [-0.15, -0.1) is 20.6 Å². The third kappa shape index (κ3) is 1.25. The van der Waals surface area contributed by atoms with Crippen molar-refractivity contribution in [2.75, 3.05) is 0 Å². The largest absolute Gasteiger partial charge is 0.149 e. The molecule has 0 radical (unpaired) electrons. The normalized spacial score (nSPS) is 9.43. The van der Waals surface area contributed by atoms with Gasteiger partial charge in [-0.1, -0.05) is 0 Å². The molecule has 0 nitrogen and oxygen atoms in total. The highest BCUT2D eigenvalue weighted by molar-refractivity contribution is 7.29. The maximum atomic E-state index is 2.66. The predicted octanol–water partition coefficient (Wildman–Crippen LogP) is 1.56. The van der Waals surface area contributed by atoms with Crippen LogP contribution in [0.15, 0.2) is 11.4 Å². The molecule has 0 N–H and O–H groups in total. The molecule has 1 rings (SSSR count). The first-order valence-electron chi connectivity index (χ1n) is 2.09. The van der Waals surface area contributed by atoms with Crippen LogP contribution in [-0.4, -0.2) is 0 Å². The summed E-state index contributed by atoms with van der Waals surface area (Å²) in [5.41, 5.74) is 0. The molecule has 0 bridgehead atoms. The Morgan fingerprint density at radius 2 is 2.43 bits per heavy atom. The molecule has 0 aliphatic carbocycles. The zero-order valence-corrected chi connectivity index (χ0v) is 6.11. The third-order valence-corrected chi connectivity index (χ3v) is 2.21. The minimum atomic E-state index is 1.29. The predicted molar refractivity (Wildman–Crippen MR) is 38.4 cm³/mol. The summed E-state index contributed by atoms with van der Waals surface area (Å²) in [7, 11) is 2.66.